The number of aliphatic hydroxyl groups is 3. The first-order valence-corrected chi connectivity index (χ1v) is 5.15. The molecule has 0 saturated carbocycles. The van der Waals surface area contributed by atoms with Crippen LogP contribution >= 0.6 is 0 Å². The number of ether oxygens (including phenoxy) is 1. The molecule has 1 aliphatic rings. The Hall–Kier alpha value is -1.52. The van der Waals surface area contributed by atoms with Gasteiger partial charge in [0.15, 0.2) is 0 Å². The number of aromatic nitrogens is 1. The predicted octanol–water partition coefficient (Wildman–Crippen LogP) is -0.893. The molecule has 0 aliphatic carbocycles. The van der Waals surface area contributed by atoms with Gasteiger partial charge in [-0.3, -0.25) is 4.98 Å². The molecule has 0 spiro atoms. The van der Waals surface area contributed by atoms with Gasteiger partial charge in [0.1, 0.15) is 24.4 Å². The van der Waals surface area contributed by atoms with Gasteiger partial charge >= 0.3 is 0 Å². The van der Waals surface area contributed by atoms with E-state index in [4.69, 9.17) is 15.1 Å². The van der Waals surface area contributed by atoms with Crippen LogP contribution in [0.25, 0.3) is 0 Å². The summed E-state index contributed by atoms with van der Waals surface area (Å²) in [6.45, 7) is -0.392. The highest BCUT2D eigenvalue weighted by atomic mass is 16.6. The van der Waals surface area contributed by atoms with E-state index < -0.39 is 31.0 Å². The minimum Gasteiger partial charge on any atom is -0.394 e. The van der Waals surface area contributed by atoms with E-state index >= 15 is 0 Å². The fourth-order valence-corrected chi connectivity index (χ4v) is 1.89. The summed E-state index contributed by atoms with van der Waals surface area (Å²) < 4.78 is 5.32. The van der Waals surface area contributed by atoms with Gasteiger partial charge in [-0.2, -0.15) is 5.26 Å². The van der Waals surface area contributed by atoms with E-state index in [0.29, 0.717) is 11.1 Å². The van der Waals surface area contributed by atoms with Crippen LogP contribution in [0.4, 0.5) is 0 Å². The fourth-order valence-electron chi connectivity index (χ4n) is 1.89. The van der Waals surface area contributed by atoms with Crippen molar-refractivity contribution in [1.29, 1.82) is 5.26 Å². The van der Waals surface area contributed by atoms with Crippen molar-refractivity contribution in [3.05, 3.63) is 29.6 Å². The maximum Gasteiger partial charge on any atom is 0.114 e. The molecule has 1 aromatic rings. The molecule has 0 amide bonds. The Morgan fingerprint density at radius 3 is 2.76 bits per heavy atom. The Bertz CT molecular complexity index is 445. The molecule has 17 heavy (non-hydrogen) atoms. The standard InChI is InChI=1S/C11H12N2O4/c12-3-6-1-2-13-4-7(6)11-10(16)9(15)8(5-14)17-11/h1-2,4,8-11,14-16H,5H2/t8-,9-,10-,11?/m1/s1. The molecule has 6 nitrogen and oxygen atoms in total. The molecule has 1 fully saturated rings. The fraction of sp³-hybridized carbons (Fsp3) is 0.455. The lowest BCUT2D eigenvalue weighted by atomic mass is 9.99. The van der Waals surface area contributed by atoms with Gasteiger partial charge in [0.2, 0.25) is 0 Å². The molecular formula is C11H12N2O4. The highest BCUT2D eigenvalue weighted by Crippen LogP contribution is 2.34. The lowest BCUT2D eigenvalue weighted by Crippen LogP contribution is -2.32. The average molecular weight is 236 g/mol. The Kier molecular flexibility index (Phi) is 3.36. The van der Waals surface area contributed by atoms with Crippen molar-refractivity contribution in [2.45, 2.75) is 24.4 Å². The first-order chi connectivity index (χ1) is 8.19. The van der Waals surface area contributed by atoms with E-state index in [1.54, 1.807) is 0 Å². The van der Waals surface area contributed by atoms with Crippen molar-refractivity contribution in [2.24, 2.45) is 0 Å². The van der Waals surface area contributed by atoms with Crippen molar-refractivity contribution < 1.29 is 20.1 Å². The number of nitrogens with zero attached hydrogens (tertiary/aromatic N) is 2. The molecule has 2 rings (SSSR count). The molecule has 0 bridgehead atoms. The normalized spacial score (nSPS) is 32.4. The van der Waals surface area contributed by atoms with Crippen molar-refractivity contribution in [3.8, 4) is 6.07 Å². The summed E-state index contributed by atoms with van der Waals surface area (Å²) in [5.41, 5.74) is 0.743. The Morgan fingerprint density at radius 1 is 1.41 bits per heavy atom. The maximum atomic E-state index is 9.81. The van der Waals surface area contributed by atoms with Gasteiger partial charge in [-0.25, -0.2) is 0 Å². The molecule has 2 heterocycles. The quantitative estimate of drug-likeness (QED) is 0.614. The lowest BCUT2D eigenvalue weighted by molar-refractivity contribution is -0.0229. The van der Waals surface area contributed by atoms with E-state index in [9.17, 15) is 10.2 Å². The highest BCUT2D eigenvalue weighted by Gasteiger charge is 2.43. The minimum atomic E-state index is -1.18. The number of nitriles is 1. The van der Waals surface area contributed by atoms with Gasteiger partial charge < -0.3 is 20.1 Å². The lowest BCUT2D eigenvalue weighted by Gasteiger charge is -2.15. The first kappa shape index (κ1) is 12.0. The molecule has 1 aliphatic heterocycles. The van der Waals surface area contributed by atoms with Crippen LogP contribution in [0.1, 0.15) is 17.2 Å². The zero-order valence-electron chi connectivity index (χ0n) is 8.89. The van der Waals surface area contributed by atoms with Crippen molar-refractivity contribution in [1.82, 2.24) is 4.98 Å². The second-order valence-corrected chi connectivity index (χ2v) is 3.83. The third-order valence-corrected chi connectivity index (χ3v) is 2.82. The highest BCUT2D eigenvalue weighted by molar-refractivity contribution is 5.37. The van der Waals surface area contributed by atoms with Gasteiger partial charge in [0, 0.05) is 18.0 Å². The van der Waals surface area contributed by atoms with Gasteiger partial charge in [-0.15, -0.1) is 0 Å². The zero-order chi connectivity index (χ0) is 12.4. The van der Waals surface area contributed by atoms with Crippen LogP contribution < -0.4 is 0 Å². The largest absolute Gasteiger partial charge is 0.394 e. The second-order valence-electron chi connectivity index (χ2n) is 3.83. The second kappa shape index (κ2) is 4.77. The number of pyridine rings is 1. The Labute approximate surface area is 97.7 Å². The summed E-state index contributed by atoms with van der Waals surface area (Å²) in [5.74, 6) is 0. The Morgan fingerprint density at radius 2 is 2.18 bits per heavy atom. The van der Waals surface area contributed by atoms with Crippen LogP contribution in [0.15, 0.2) is 18.5 Å². The van der Waals surface area contributed by atoms with E-state index in [1.807, 2.05) is 6.07 Å². The van der Waals surface area contributed by atoms with Crippen LogP contribution in [0.3, 0.4) is 0 Å². The molecule has 0 radical (unpaired) electrons. The molecular weight excluding hydrogens is 224 g/mol. The number of aliphatic hydroxyl groups excluding tert-OH is 3. The monoisotopic (exact) mass is 236 g/mol. The van der Waals surface area contributed by atoms with Gasteiger partial charge in [-0.05, 0) is 6.07 Å². The van der Waals surface area contributed by atoms with E-state index in [-0.39, 0.29) is 0 Å². The molecule has 0 aromatic carbocycles. The van der Waals surface area contributed by atoms with Gasteiger partial charge in [0.25, 0.3) is 0 Å². The number of hydrogen-bond donors (Lipinski definition) is 3. The van der Waals surface area contributed by atoms with Crippen LogP contribution in [-0.2, 0) is 4.74 Å². The average Bonchev–Trinajstić information content (AvgIpc) is 2.66. The molecule has 90 valence electrons. The molecule has 1 unspecified atom stereocenters. The van der Waals surface area contributed by atoms with Crippen LogP contribution in [-0.4, -0.2) is 45.2 Å². The Balaban J connectivity index is 2.32. The summed E-state index contributed by atoms with van der Waals surface area (Å²) in [6.07, 6.45) is -1.16. The van der Waals surface area contributed by atoms with Crippen molar-refractivity contribution in [3.63, 3.8) is 0 Å². The van der Waals surface area contributed by atoms with E-state index in [1.165, 1.54) is 18.5 Å². The molecule has 3 N–H and O–H groups in total. The van der Waals surface area contributed by atoms with Crippen LogP contribution in [0.2, 0.25) is 0 Å². The van der Waals surface area contributed by atoms with E-state index in [2.05, 4.69) is 4.98 Å². The minimum absolute atomic E-state index is 0.329. The summed E-state index contributed by atoms with van der Waals surface area (Å²) in [6, 6.07) is 3.47. The molecule has 4 atom stereocenters. The smallest absolute Gasteiger partial charge is 0.114 e. The third kappa shape index (κ3) is 2.01. The summed E-state index contributed by atoms with van der Waals surface area (Å²) >= 11 is 0. The zero-order valence-corrected chi connectivity index (χ0v) is 8.89. The topological polar surface area (TPSA) is 107 Å². The number of hydrogen-bond acceptors (Lipinski definition) is 6. The summed E-state index contributed by atoms with van der Waals surface area (Å²) in [5, 5.41) is 37.3. The van der Waals surface area contributed by atoms with E-state index in [0.717, 1.165) is 0 Å². The van der Waals surface area contributed by atoms with Crippen molar-refractivity contribution >= 4 is 0 Å². The number of rotatable bonds is 2. The van der Waals surface area contributed by atoms with Crippen molar-refractivity contribution in [2.75, 3.05) is 6.61 Å². The predicted molar refractivity (Wildman–Crippen MR) is 55.7 cm³/mol. The molecule has 1 saturated heterocycles. The van der Waals surface area contributed by atoms with Gasteiger partial charge in [-0.1, -0.05) is 0 Å². The summed E-state index contributed by atoms with van der Waals surface area (Å²) in [7, 11) is 0. The SMILES string of the molecule is N#Cc1ccncc1C1O[C@H](CO)[C@@H](O)[C@H]1O. The third-order valence-electron chi connectivity index (χ3n) is 2.82. The van der Waals surface area contributed by atoms with Crippen LogP contribution in [0, 0.1) is 11.3 Å². The first-order valence-electron chi connectivity index (χ1n) is 5.15. The van der Waals surface area contributed by atoms with Gasteiger partial charge in [0.05, 0.1) is 18.2 Å². The molecule has 6 heteroatoms. The summed E-state index contributed by atoms with van der Waals surface area (Å²) in [4.78, 5) is 3.86. The van der Waals surface area contributed by atoms with Crippen LogP contribution in [0.5, 0.6) is 0 Å². The maximum absolute atomic E-state index is 9.81. The molecule has 1 aromatic heterocycles.